The van der Waals surface area contributed by atoms with Gasteiger partial charge in [-0.1, -0.05) is 31.5 Å². The fraction of sp³-hybridized carbons (Fsp3) is 0.300. The molecule has 1 atom stereocenters. The minimum atomic E-state index is -0.409. The van der Waals surface area contributed by atoms with E-state index in [0.717, 1.165) is 17.0 Å². The number of thiophene rings is 1. The van der Waals surface area contributed by atoms with E-state index < -0.39 is 5.82 Å². The van der Waals surface area contributed by atoms with Gasteiger partial charge in [-0.2, -0.15) is 0 Å². The van der Waals surface area contributed by atoms with E-state index in [2.05, 4.69) is 19.2 Å². The third kappa shape index (κ3) is 3.10. The molecule has 2 heterocycles. The maximum Gasteiger partial charge on any atom is 0.167 e. The molecule has 0 saturated heterocycles. The molecule has 1 aliphatic carbocycles. The minimum absolute atomic E-state index is 0.0486. The number of nitrogens with zero attached hydrogens (tertiary/aromatic N) is 1. The number of carbonyl (C=O) groups excluding carboxylic acids is 1. The second-order valence-corrected chi connectivity index (χ2v) is 8.85. The summed E-state index contributed by atoms with van der Waals surface area (Å²) in [6, 6.07) is 8.20. The molecule has 2 aromatic rings. The SMILES string of the molecule is CC1(C)CC(=O)C2=C(C1)NC(c1cccs1)N=C2c1ccc(F)cc1Cl. The zero-order valence-corrected chi connectivity index (χ0v) is 16.0. The lowest BCUT2D eigenvalue weighted by Crippen LogP contribution is -2.38. The molecule has 0 bridgehead atoms. The van der Waals surface area contributed by atoms with Crippen LogP contribution in [0.1, 0.15) is 43.3 Å². The van der Waals surface area contributed by atoms with Crippen molar-refractivity contribution in [2.24, 2.45) is 10.4 Å². The summed E-state index contributed by atoms with van der Waals surface area (Å²) in [4.78, 5) is 18.8. The first-order valence-corrected chi connectivity index (χ1v) is 9.70. The van der Waals surface area contributed by atoms with Crippen LogP contribution in [0, 0.1) is 11.2 Å². The molecule has 1 N–H and O–H groups in total. The second kappa shape index (κ2) is 6.32. The van der Waals surface area contributed by atoms with Crippen LogP contribution in [0.2, 0.25) is 5.02 Å². The summed E-state index contributed by atoms with van der Waals surface area (Å²) in [5, 5.41) is 5.70. The number of rotatable bonds is 2. The number of aliphatic imine (C=N–C) groups is 1. The van der Waals surface area contributed by atoms with Crippen molar-refractivity contribution < 1.29 is 9.18 Å². The summed E-state index contributed by atoms with van der Waals surface area (Å²) in [6.45, 7) is 4.18. The fourth-order valence-corrected chi connectivity index (χ4v) is 4.55. The van der Waals surface area contributed by atoms with E-state index in [4.69, 9.17) is 16.6 Å². The van der Waals surface area contributed by atoms with Gasteiger partial charge >= 0.3 is 0 Å². The predicted octanol–water partition coefficient (Wildman–Crippen LogP) is 5.27. The van der Waals surface area contributed by atoms with Crippen LogP contribution in [0.15, 0.2) is 52.0 Å². The summed E-state index contributed by atoms with van der Waals surface area (Å²) in [5.41, 5.74) is 2.53. The Labute approximate surface area is 160 Å². The average Bonchev–Trinajstić information content (AvgIpc) is 3.07. The van der Waals surface area contributed by atoms with Crippen LogP contribution in [0.5, 0.6) is 0 Å². The van der Waals surface area contributed by atoms with Crippen molar-refractivity contribution in [3.63, 3.8) is 0 Å². The van der Waals surface area contributed by atoms with Gasteiger partial charge in [-0.05, 0) is 41.5 Å². The summed E-state index contributed by atoms with van der Waals surface area (Å²) in [5.74, 6) is -0.360. The number of carbonyl (C=O) groups is 1. The molecular weight excluding hydrogens is 371 g/mol. The highest BCUT2D eigenvalue weighted by Crippen LogP contribution is 2.41. The zero-order chi connectivity index (χ0) is 18.5. The molecule has 1 unspecified atom stereocenters. The topological polar surface area (TPSA) is 41.5 Å². The number of benzene rings is 1. The second-order valence-electron chi connectivity index (χ2n) is 7.46. The highest BCUT2D eigenvalue weighted by molar-refractivity contribution is 7.10. The average molecular weight is 389 g/mol. The lowest BCUT2D eigenvalue weighted by Gasteiger charge is -2.37. The molecule has 134 valence electrons. The highest BCUT2D eigenvalue weighted by atomic mass is 35.5. The fourth-order valence-electron chi connectivity index (χ4n) is 3.58. The van der Waals surface area contributed by atoms with Crippen molar-refractivity contribution in [1.82, 2.24) is 5.32 Å². The highest BCUT2D eigenvalue weighted by Gasteiger charge is 2.39. The van der Waals surface area contributed by atoms with Crippen LogP contribution < -0.4 is 5.32 Å². The molecule has 0 amide bonds. The zero-order valence-electron chi connectivity index (χ0n) is 14.5. The van der Waals surface area contributed by atoms with Gasteiger partial charge in [0.15, 0.2) is 11.9 Å². The molecule has 1 aliphatic heterocycles. The molecule has 1 aromatic carbocycles. The first-order valence-electron chi connectivity index (χ1n) is 8.44. The molecule has 0 radical (unpaired) electrons. The van der Waals surface area contributed by atoms with Crippen LogP contribution in [0.3, 0.4) is 0 Å². The summed E-state index contributed by atoms with van der Waals surface area (Å²) in [7, 11) is 0. The standard InChI is InChI=1S/C20H18ClFN2OS/c1-20(2)9-14-17(15(25)10-20)18(12-6-5-11(22)8-13(12)21)24-19(23-14)16-4-3-7-26-16/h3-8,19,23H,9-10H2,1-2H3. The van der Waals surface area contributed by atoms with Crippen molar-refractivity contribution in [3.05, 3.63) is 68.3 Å². The molecular formula is C20H18ClFN2OS. The van der Waals surface area contributed by atoms with Crippen molar-refractivity contribution in [3.8, 4) is 0 Å². The van der Waals surface area contributed by atoms with Crippen molar-refractivity contribution in [2.45, 2.75) is 32.9 Å². The van der Waals surface area contributed by atoms with E-state index in [9.17, 15) is 9.18 Å². The van der Waals surface area contributed by atoms with Crippen LogP contribution >= 0.6 is 22.9 Å². The van der Waals surface area contributed by atoms with Gasteiger partial charge in [-0.25, -0.2) is 4.39 Å². The first-order chi connectivity index (χ1) is 12.3. The molecule has 2 aliphatic rings. The van der Waals surface area contributed by atoms with E-state index >= 15 is 0 Å². The Bertz CT molecular complexity index is 947. The molecule has 6 heteroatoms. The number of halogens is 2. The third-order valence-electron chi connectivity index (χ3n) is 4.68. The minimum Gasteiger partial charge on any atom is -0.362 e. The largest absolute Gasteiger partial charge is 0.362 e. The molecule has 4 rings (SSSR count). The lowest BCUT2D eigenvalue weighted by molar-refractivity contribution is -0.117. The van der Waals surface area contributed by atoms with Gasteiger partial charge in [0.25, 0.3) is 0 Å². The maximum absolute atomic E-state index is 13.5. The van der Waals surface area contributed by atoms with Gasteiger partial charge in [0, 0.05) is 22.6 Å². The Morgan fingerprint density at radius 3 is 2.81 bits per heavy atom. The lowest BCUT2D eigenvalue weighted by atomic mass is 9.73. The quantitative estimate of drug-likeness (QED) is 0.760. The molecule has 1 aromatic heterocycles. The van der Waals surface area contributed by atoms with E-state index in [1.807, 2.05) is 17.5 Å². The van der Waals surface area contributed by atoms with Crippen molar-refractivity contribution in [2.75, 3.05) is 0 Å². The van der Waals surface area contributed by atoms with Gasteiger partial charge < -0.3 is 5.32 Å². The summed E-state index contributed by atoms with van der Waals surface area (Å²) < 4.78 is 13.5. The number of ketones is 1. The molecule has 0 fully saturated rings. The van der Waals surface area contributed by atoms with Gasteiger partial charge in [0.1, 0.15) is 5.82 Å². The van der Waals surface area contributed by atoms with Crippen molar-refractivity contribution in [1.29, 1.82) is 0 Å². The van der Waals surface area contributed by atoms with Gasteiger partial charge in [0.2, 0.25) is 0 Å². The predicted molar refractivity (Wildman–Crippen MR) is 103 cm³/mol. The Morgan fingerprint density at radius 2 is 2.12 bits per heavy atom. The van der Waals surface area contributed by atoms with Gasteiger partial charge in [0.05, 0.1) is 16.3 Å². The normalized spacial score (nSPS) is 21.9. The number of hydrogen-bond acceptors (Lipinski definition) is 4. The maximum atomic E-state index is 13.5. The van der Waals surface area contributed by atoms with E-state index in [1.165, 1.54) is 12.1 Å². The number of allylic oxidation sites excluding steroid dienone is 2. The Morgan fingerprint density at radius 1 is 1.31 bits per heavy atom. The van der Waals surface area contributed by atoms with Gasteiger partial charge in [-0.3, -0.25) is 9.79 Å². The summed E-state index contributed by atoms with van der Waals surface area (Å²) in [6.07, 6.45) is 0.939. The van der Waals surface area contributed by atoms with E-state index in [0.29, 0.717) is 23.3 Å². The monoisotopic (exact) mass is 388 g/mol. The number of nitrogens with one attached hydrogen (secondary N) is 1. The van der Waals surface area contributed by atoms with E-state index in [-0.39, 0.29) is 22.4 Å². The number of hydrogen-bond donors (Lipinski definition) is 1. The number of Topliss-reactive ketones (excluding diaryl/α,β-unsaturated/α-hetero) is 1. The molecule has 3 nitrogen and oxygen atoms in total. The van der Waals surface area contributed by atoms with E-state index in [1.54, 1.807) is 17.4 Å². The Kier molecular flexibility index (Phi) is 4.24. The summed E-state index contributed by atoms with van der Waals surface area (Å²) >= 11 is 7.90. The third-order valence-corrected chi connectivity index (χ3v) is 5.92. The molecule has 0 saturated carbocycles. The molecule has 0 spiro atoms. The van der Waals surface area contributed by atoms with Crippen LogP contribution in [0.4, 0.5) is 4.39 Å². The smallest absolute Gasteiger partial charge is 0.167 e. The Balaban J connectivity index is 1.88. The van der Waals surface area contributed by atoms with Crippen LogP contribution in [-0.4, -0.2) is 11.5 Å². The van der Waals surface area contributed by atoms with Gasteiger partial charge in [-0.15, -0.1) is 11.3 Å². The van der Waals surface area contributed by atoms with Crippen LogP contribution in [0.25, 0.3) is 0 Å². The molecule has 26 heavy (non-hydrogen) atoms. The van der Waals surface area contributed by atoms with Crippen molar-refractivity contribution >= 4 is 34.4 Å². The Hall–Kier alpha value is -1.98. The van der Waals surface area contributed by atoms with Crippen LogP contribution in [-0.2, 0) is 4.79 Å². The first kappa shape index (κ1) is 17.4.